The Morgan fingerprint density at radius 1 is 1.80 bits per heavy atom. The van der Waals surface area contributed by atoms with Gasteiger partial charge in [0.15, 0.2) is 0 Å². The second-order valence-electron chi connectivity index (χ2n) is 2.29. The highest BCUT2D eigenvalue weighted by Gasteiger charge is 2.06. The van der Waals surface area contributed by atoms with Gasteiger partial charge in [-0.05, 0) is 6.92 Å². The molecule has 4 heteroatoms. The van der Waals surface area contributed by atoms with Crippen molar-refractivity contribution < 1.29 is 5.11 Å². The van der Waals surface area contributed by atoms with Gasteiger partial charge < -0.3 is 10.8 Å². The van der Waals surface area contributed by atoms with Gasteiger partial charge in [0.05, 0.1) is 11.8 Å². The summed E-state index contributed by atoms with van der Waals surface area (Å²) in [6.45, 7) is 1.68. The Bertz CT molecular complexity index is 229. The van der Waals surface area contributed by atoms with E-state index in [1.54, 1.807) is 24.7 Å². The van der Waals surface area contributed by atoms with Crippen LogP contribution in [0.15, 0.2) is 6.07 Å². The summed E-state index contributed by atoms with van der Waals surface area (Å²) in [4.78, 5) is 0. The van der Waals surface area contributed by atoms with Crippen LogP contribution < -0.4 is 5.73 Å². The number of nitrogens with zero attached hydrogens (tertiary/aromatic N) is 2. The Morgan fingerprint density at radius 2 is 2.40 bits per heavy atom. The number of aliphatic hydroxyl groups excluding tert-OH is 1. The van der Waals surface area contributed by atoms with Gasteiger partial charge in [0.25, 0.3) is 0 Å². The lowest BCUT2D eigenvalue weighted by molar-refractivity contribution is 0.189. The average molecular weight is 141 g/mol. The molecule has 0 bridgehead atoms. The van der Waals surface area contributed by atoms with Gasteiger partial charge in [-0.1, -0.05) is 0 Å². The van der Waals surface area contributed by atoms with Crippen molar-refractivity contribution in [3.63, 3.8) is 0 Å². The molecule has 1 aromatic heterocycles. The first kappa shape index (κ1) is 7.08. The SMILES string of the molecule is CC(O)c1cc(N)nn1C. The summed E-state index contributed by atoms with van der Waals surface area (Å²) in [5, 5.41) is 13.0. The second kappa shape index (κ2) is 2.30. The van der Waals surface area contributed by atoms with Gasteiger partial charge in [-0.25, -0.2) is 0 Å². The zero-order chi connectivity index (χ0) is 7.72. The standard InChI is InChI=1S/C6H11N3O/c1-4(10)5-3-6(7)8-9(5)2/h3-4,10H,1-2H3,(H2,7,8). The molecular formula is C6H11N3O. The van der Waals surface area contributed by atoms with Crippen LogP contribution in [-0.2, 0) is 7.05 Å². The molecule has 0 saturated heterocycles. The second-order valence-corrected chi connectivity index (χ2v) is 2.29. The van der Waals surface area contributed by atoms with E-state index >= 15 is 0 Å². The van der Waals surface area contributed by atoms with E-state index in [1.165, 1.54) is 0 Å². The molecule has 0 saturated carbocycles. The van der Waals surface area contributed by atoms with Crippen molar-refractivity contribution in [2.75, 3.05) is 5.73 Å². The molecule has 0 fully saturated rings. The number of aromatic nitrogens is 2. The van der Waals surface area contributed by atoms with Crippen LogP contribution in [0.2, 0.25) is 0 Å². The third kappa shape index (κ3) is 1.11. The maximum Gasteiger partial charge on any atom is 0.145 e. The number of hydrogen-bond acceptors (Lipinski definition) is 3. The monoisotopic (exact) mass is 141 g/mol. The number of anilines is 1. The minimum atomic E-state index is -0.505. The van der Waals surface area contributed by atoms with Crippen molar-refractivity contribution in [2.24, 2.45) is 7.05 Å². The van der Waals surface area contributed by atoms with Gasteiger partial charge in [-0.3, -0.25) is 4.68 Å². The molecule has 3 N–H and O–H groups in total. The predicted octanol–water partition coefficient (Wildman–Crippen LogP) is 0.0556. The van der Waals surface area contributed by atoms with Crippen molar-refractivity contribution in [2.45, 2.75) is 13.0 Å². The third-order valence-electron chi connectivity index (χ3n) is 1.36. The first-order valence-electron chi connectivity index (χ1n) is 3.08. The van der Waals surface area contributed by atoms with Gasteiger partial charge >= 0.3 is 0 Å². The minimum absolute atomic E-state index is 0.443. The van der Waals surface area contributed by atoms with Crippen LogP contribution in [0.5, 0.6) is 0 Å². The molecule has 1 heterocycles. The van der Waals surface area contributed by atoms with Crippen LogP contribution >= 0.6 is 0 Å². The van der Waals surface area contributed by atoms with Crippen molar-refractivity contribution in [1.29, 1.82) is 0 Å². The smallest absolute Gasteiger partial charge is 0.145 e. The number of nitrogen functional groups attached to an aromatic ring is 1. The summed E-state index contributed by atoms with van der Waals surface area (Å²) in [6.07, 6.45) is -0.505. The molecule has 0 aliphatic rings. The molecule has 1 aromatic rings. The van der Waals surface area contributed by atoms with E-state index in [-0.39, 0.29) is 0 Å². The lowest BCUT2D eigenvalue weighted by Crippen LogP contribution is -2.01. The normalized spacial score (nSPS) is 13.5. The van der Waals surface area contributed by atoms with E-state index in [0.29, 0.717) is 5.82 Å². The Balaban J connectivity index is 3.03. The van der Waals surface area contributed by atoms with Gasteiger partial charge in [0, 0.05) is 13.1 Å². The van der Waals surface area contributed by atoms with Gasteiger partial charge in [-0.2, -0.15) is 5.10 Å². The zero-order valence-corrected chi connectivity index (χ0v) is 6.07. The maximum absolute atomic E-state index is 9.10. The molecule has 1 rings (SSSR count). The molecule has 0 aromatic carbocycles. The Kier molecular flexibility index (Phi) is 1.63. The minimum Gasteiger partial charge on any atom is -0.387 e. The van der Waals surface area contributed by atoms with E-state index in [9.17, 15) is 0 Å². The molecule has 0 aliphatic carbocycles. The zero-order valence-electron chi connectivity index (χ0n) is 6.07. The van der Waals surface area contributed by atoms with E-state index in [0.717, 1.165) is 5.69 Å². The largest absolute Gasteiger partial charge is 0.387 e. The fourth-order valence-corrected chi connectivity index (χ4v) is 0.896. The summed E-state index contributed by atoms with van der Waals surface area (Å²) < 4.78 is 1.57. The molecule has 10 heavy (non-hydrogen) atoms. The molecule has 0 spiro atoms. The van der Waals surface area contributed by atoms with Gasteiger partial charge in [0.2, 0.25) is 0 Å². The third-order valence-corrected chi connectivity index (χ3v) is 1.36. The van der Waals surface area contributed by atoms with Crippen molar-refractivity contribution >= 4 is 5.82 Å². The van der Waals surface area contributed by atoms with E-state index in [4.69, 9.17) is 10.8 Å². The molecule has 1 unspecified atom stereocenters. The number of hydrogen-bond donors (Lipinski definition) is 2. The van der Waals surface area contributed by atoms with E-state index < -0.39 is 6.10 Å². The lowest BCUT2D eigenvalue weighted by atomic mass is 10.3. The topological polar surface area (TPSA) is 64.1 Å². The predicted molar refractivity (Wildman–Crippen MR) is 38.3 cm³/mol. The highest BCUT2D eigenvalue weighted by atomic mass is 16.3. The van der Waals surface area contributed by atoms with Crippen molar-refractivity contribution in [3.05, 3.63) is 11.8 Å². The van der Waals surface area contributed by atoms with Crippen LogP contribution in [-0.4, -0.2) is 14.9 Å². The molecule has 0 aliphatic heterocycles. The first-order valence-corrected chi connectivity index (χ1v) is 3.08. The summed E-state index contributed by atoms with van der Waals surface area (Å²) in [7, 11) is 1.75. The summed E-state index contributed by atoms with van der Waals surface area (Å²) >= 11 is 0. The quantitative estimate of drug-likeness (QED) is 0.581. The molecule has 0 amide bonds. The van der Waals surface area contributed by atoms with Crippen LogP contribution in [0.3, 0.4) is 0 Å². The van der Waals surface area contributed by atoms with Crippen LogP contribution in [0.1, 0.15) is 18.7 Å². The van der Waals surface area contributed by atoms with Gasteiger partial charge in [-0.15, -0.1) is 0 Å². The number of aryl methyl sites for hydroxylation is 1. The number of nitrogens with two attached hydrogens (primary N) is 1. The Morgan fingerprint density at radius 3 is 2.60 bits per heavy atom. The number of aliphatic hydroxyl groups is 1. The fraction of sp³-hybridized carbons (Fsp3) is 0.500. The van der Waals surface area contributed by atoms with Crippen LogP contribution in [0, 0.1) is 0 Å². The van der Waals surface area contributed by atoms with E-state index in [1.807, 2.05) is 0 Å². The fourth-order valence-electron chi connectivity index (χ4n) is 0.896. The number of rotatable bonds is 1. The lowest BCUT2D eigenvalue weighted by Gasteiger charge is -2.01. The molecule has 56 valence electrons. The highest BCUT2D eigenvalue weighted by molar-refractivity contribution is 5.30. The Labute approximate surface area is 59.3 Å². The molecule has 1 atom stereocenters. The van der Waals surface area contributed by atoms with Crippen LogP contribution in [0.25, 0.3) is 0 Å². The highest BCUT2D eigenvalue weighted by Crippen LogP contribution is 2.12. The summed E-state index contributed by atoms with van der Waals surface area (Å²) in [6, 6.07) is 1.66. The van der Waals surface area contributed by atoms with Crippen molar-refractivity contribution in [1.82, 2.24) is 9.78 Å². The Hall–Kier alpha value is -1.03. The molecule has 0 radical (unpaired) electrons. The maximum atomic E-state index is 9.10. The molecular weight excluding hydrogens is 130 g/mol. The van der Waals surface area contributed by atoms with E-state index in [2.05, 4.69) is 5.10 Å². The van der Waals surface area contributed by atoms with Crippen LogP contribution in [0.4, 0.5) is 5.82 Å². The van der Waals surface area contributed by atoms with Gasteiger partial charge in [0.1, 0.15) is 5.82 Å². The average Bonchev–Trinajstić information content (AvgIpc) is 2.10. The summed E-state index contributed by atoms with van der Waals surface area (Å²) in [5.74, 6) is 0.443. The van der Waals surface area contributed by atoms with Crippen molar-refractivity contribution in [3.8, 4) is 0 Å². The first-order chi connectivity index (χ1) is 4.61. The molecule has 4 nitrogen and oxygen atoms in total. The summed E-state index contributed by atoms with van der Waals surface area (Å²) in [5.41, 5.74) is 6.11.